The Hall–Kier alpha value is -2.29. The predicted octanol–water partition coefficient (Wildman–Crippen LogP) is 2.24. The number of hydrogen-bond acceptors (Lipinski definition) is 6. The molecule has 0 unspecified atom stereocenters. The van der Waals surface area contributed by atoms with E-state index < -0.39 is 0 Å². The molecule has 3 heterocycles. The van der Waals surface area contributed by atoms with Crippen LogP contribution in [0.5, 0.6) is 0 Å². The number of aliphatic hydroxyl groups is 1. The van der Waals surface area contributed by atoms with Gasteiger partial charge in [-0.3, -0.25) is 9.48 Å². The van der Waals surface area contributed by atoms with Crippen LogP contribution in [0.3, 0.4) is 0 Å². The molecule has 1 aromatic heterocycles. The van der Waals surface area contributed by atoms with E-state index in [9.17, 15) is 9.90 Å². The Morgan fingerprint density at radius 1 is 1.12 bits per heavy atom. The molecule has 2 aromatic rings. The van der Waals surface area contributed by atoms with Crippen molar-refractivity contribution in [2.45, 2.75) is 69.7 Å². The lowest BCUT2D eigenvalue weighted by molar-refractivity contribution is -0.129. The van der Waals surface area contributed by atoms with Gasteiger partial charge in [-0.1, -0.05) is 42.0 Å². The Labute approximate surface area is 189 Å². The van der Waals surface area contributed by atoms with Crippen LogP contribution in [-0.2, 0) is 16.1 Å². The van der Waals surface area contributed by atoms with Crippen molar-refractivity contribution in [2.24, 2.45) is 0 Å². The first-order valence-electron chi connectivity index (χ1n) is 11.9. The molecule has 1 aromatic carbocycles. The summed E-state index contributed by atoms with van der Waals surface area (Å²) < 4.78 is 7.96. The number of hydrogen-bond donors (Lipinski definition) is 2. The van der Waals surface area contributed by atoms with Crippen LogP contribution in [0.4, 0.5) is 0 Å². The van der Waals surface area contributed by atoms with Gasteiger partial charge in [-0.25, -0.2) is 0 Å². The van der Waals surface area contributed by atoms with Crippen molar-refractivity contribution in [3.8, 4) is 11.3 Å². The minimum absolute atomic E-state index is 0.0398. The third kappa shape index (κ3) is 6.37. The van der Waals surface area contributed by atoms with E-state index in [1.807, 2.05) is 41.2 Å². The Balaban J connectivity index is 1.20. The highest BCUT2D eigenvalue weighted by atomic mass is 16.5. The number of likely N-dealkylation sites (tertiary alicyclic amines) is 1. The molecule has 4 rings (SSSR count). The fourth-order valence-corrected chi connectivity index (χ4v) is 4.66. The first-order valence-corrected chi connectivity index (χ1v) is 11.9. The predicted molar refractivity (Wildman–Crippen MR) is 122 cm³/mol. The monoisotopic (exact) mass is 441 g/mol. The number of ether oxygens (including phenoxy) is 1. The fraction of sp³-hybridized carbons (Fsp3) is 0.625. The van der Waals surface area contributed by atoms with Crippen LogP contribution in [0.15, 0.2) is 36.5 Å². The van der Waals surface area contributed by atoms with Crippen molar-refractivity contribution in [1.82, 2.24) is 25.2 Å². The molecule has 3 atom stereocenters. The topological polar surface area (TPSA) is 92.5 Å². The second-order valence-corrected chi connectivity index (χ2v) is 8.90. The third-order valence-electron chi connectivity index (χ3n) is 6.53. The maximum atomic E-state index is 12.4. The smallest absolute Gasteiger partial charge is 0.221 e. The number of amides is 1. The normalized spacial score (nSPS) is 24.3. The van der Waals surface area contributed by atoms with E-state index in [4.69, 9.17) is 4.74 Å². The number of carbonyl (C=O) groups excluding carboxylic acids is 1. The molecule has 2 aliphatic heterocycles. The number of carbonyl (C=O) groups is 1. The molecule has 2 fully saturated rings. The minimum Gasteiger partial charge on any atom is -0.394 e. The van der Waals surface area contributed by atoms with Gasteiger partial charge in [-0.2, -0.15) is 0 Å². The van der Waals surface area contributed by atoms with Gasteiger partial charge in [0, 0.05) is 25.1 Å². The summed E-state index contributed by atoms with van der Waals surface area (Å²) in [6, 6.07) is 9.87. The SMILES string of the molecule is O=C(CCN1CCCCC1)N[C@@H]1CC[C@@H](CCn2cc(-c3ccccc3)nn2)O[C@H]1CO. The van der Waals surface area contributed by atoms with Crippen molar-refractivity contribution >= 4 is 5.91 Å². The van der Waals surface area contributed by atoms with E-state index in [0.717, 1.165) is 50.2 Å². The molecule has 32 heavy (non-hydrogen) atoms. The molecule has 2 aliphatic rings. The second-order valence-electron chi connectivity index (χ2n) is 8.90. The summed E-state index contributed by atoms with van der Waals surface area (Å²) in [4.78, 5) is 14.8. The Morgan fingerprint density at radius 3 is 2.72 bits per heavy atom. The number of aryl methyl sites for hydroxylation is 1. The Kier molecular flexibility index (Phi) is 8.25. The largest absolute Gasteiger partial charge is 0.394 e. The maximum absolute atomic E-state index is 12.4. The quantitative estimate of drug-likeness (QED) is 0.620. The van der Waals surface area contributed by atoms with Crippen LogP contribution in [0.1, 0.15) is 44.9 Å². The van der Waals surface area contributed by atoms with Gasteiger partial charge in [0.05, 0.1) is 24.9 Å². The van der Waals surface area contributed by atoms with Crippen LogP contribution < -0.4 is 5.32 Å². The Morgan fingerprint density at radius 2 is 1.94 bits per heavy atom. The highest BCUT2D eigenvalue weighted by Crippen LogP contribution is 2.23. The number of aliphatic hydroxyl groups excluding tert-OH is 1. The molecule has 0 spiro atoms. The second kappa shape index (κ2) is 11.5. The van der Waals surface area contributed by atoms with Gasteiger partial charge in [0.1, 0.15) is 11.8 Å². The van der Waals surface area contributed by atoms with E-state index >= 15 is 0 Å². The number of rotatable bonds is 9. The lowest BCUT2D eigenvalue weighted by Crippen LogP contribution is -2.51. The molecule has 0 saturated carbocycles. The number of nitrogens with one attached hydrogen (secondary N) is 1. The average molecular weight is 442 g/mol. The molecule has 8 heteroatoms. The number of aromatic nitrogens is 3. The number of benzene rings is 1. The molecule has 8 nitrogen and oxygen atoms in total. The lowest BCUT2D eigenvalue weighted by Gasteiger charge is -2.36. The third-order valence-corrected chi connectivity index (χ3v) is 6.53. The molecule has 2 saturated heterocycles. The van der Waals surface area contributed by atoms with E-state index in [0.29, 0.717) is 13.0 Å². The average Bonchev–Trinajstić information content (AvgIpc) is 3.32. The molecule has 174 valence electrons. The molecular formula is C24H35N5O3. The van der Waals surface area contributed by atoms with Gasteiger partial charge in [0.15, 0.2) is 0 Å². The van der Waals surface area contributed by atoms with Gasteiger partial charge in [-0.15, -0.1) is 5.10 Å². The zero-order valence-electron chi connectivity index (χ0n) is 18.7. The van der Waals surface area contributed by atoms with Gasteiger partial charge >= 0.3 is 0 Å². The molecule has 0 bridgehead atoms. The highest BCUT2D eigenvalue weighted by molar-refractivity contribution is 5.76. The maximum Gasteiger partial charge on any atom is 0.221 e. The van der Waals surface area contributed by atoms with Gasteiger partial charge < -0.3 is 20.1 Å². The summed E-state index contributed by atoms with van der Waals surface area (Å²) in [7, 11) is 0. The van der Waals surface area contributed by atoms with Crippen LogP contribution >= 0.6 is 0 Å². The van der Waals surface area contributed by atoms with E-state index in [2.05, 4.69) is 20.5 Å². The fourth-order valence-electron chi connectivity index (χ4n) is 4.66. The summed E-state index contributed by atoms with van der Waals surface area (Å²) in [6.45, 7) is 3.62. The highest BCUT2D eigenvalue weighted by Gasteiger charge is 2.31. The van der Waals surface area contributed by atoms with Crippen molar-refractivity contribution in [3.05, 3.63) is 36.5 Å². The van der Waals surface area contributed by atoms with Crippen LogP contribution in [0.2, 0.25) is 0 Å². The van der Waals surface area contributed by atoms with Gasteiger partial charge in [-0.05, 0) is 45.2 Å². The molecule has 1 amide bonds. The molecule has 0 aliphatic carbocycles. The van der Waals surface area contributed by atoms with E-state index in [1.165, 1.54) is 19.3 Å². The van der Waals surface area contributed by atoms with Crippen molar-refractivity contribution < 1.29 is 14.6 Å². The van der Waals surface area contributed by atoms with Crippen LogP contribution in [0.25, 0.3) is 11.3 Å². The Bertz CT molecular complexity index is 837. The van der Waals surface area contributed by atoms with Crippen molar-refractivity contribution in [1.29, 1.82) is 0 Å². The summed E-state index contributed by atoms with van der Waals surface area (Å²) >= 11 is 0. The standard InChI is InChI=1S/C24H35N5O3/c30-18-23-21(25-24(31)12-15-28-13-5-2-6-14-28)10-9-20(32-23)11-16-29-17-22(26-27-29)19-7-3-1-4-8-19/h1,3-4,7-8,17,20-21,23,30H,2,5-6,9-16,18H2,(H,25,31)/t20-,21+,23-/m0/s1. The minimum atomic E-state index is -0.358. The summed E-state index contributed by atoms with van der Waals surface area (Å²) in [5.41, 5.74) is 1.91. The first-order chi connectivity index (χ1) is 15.7. The summed E-state index contributed by atoms with van der Waals surface area (Å²) in [6.07, 6.45) is 8.37. The van der Waals surface area contributed by atoms with Crippen LogP contribution in [-0.4, -0.2) is 75.4 Å². The number of piperidine rings is 1. The van der Waals surface area contributed by atoms with Crippen molar-refractivity contribution in [3.63, 3.8) is 0 Å². The first kappa shape index (κ1) is 22.9. The molecule has 2 N–H and O–H groups in total. The van der Waals surface area contributed by atoms with E-state index in [-0.39, 0.29) is 30.8 Å². The number of nitrogens with zero attached hydrogens (tertiary/aromatic N) is 4. The van der Waals surface area contributed by atoms with Gasteiger partial charge in [0.25, 0.3) is 0 Å². The zero-order chi connectivity index (χ0) is 22.2. The summed E-state index contributed by atoms with van der Waals surface area (Å²) in [5.74, 6) is 0.0529. The van der Waals surface area contributed by atoms with Gasteiger partial charge in [0.2, 0.25) is 5.91 Å². The zero-order valence-corrected chi connectivity index (χ0v) is 18.7. The molecular weight excluding hydrogens is 406 g/mol. The van der Waals surface area contributed by atoms with Crippen LogP contribution in [0, 0.1) is 0 Å². The van der Waals surface area contributed by atoms with Crippen molar-refractivity contribution in [2.75, 3.05) is 26.2 Å². The van der Waals surface area contributed by atoms with E-state index in [1.54, 1.807) is 0 Å². The summed E-state index contributed by atoms with van der Waals surface area (Å²) in [5, 5.41) is 21.4. The molecule has 0 radical (unpaired) electrons. The lowest BCUT2D eigenvalue weighted by atomic mass is 9.97.